The molecule has 1 aromatic rings. The van der Waals surface area contributed by atoms with Gasteiger partial charge in [-0.1, -0.05) is 6.07 Å². The van der Waals surface area contributed by atoms with Gasteiger partial charge in [-0.3, -0.25) is 0 Å². The van der Waals surface area contributed by atoms with Crippen molar-refractivity contribution in [2.75, 3.05) is 30.8 Å². The molecule has 1 fully saturated rings. The van der Waals surface area contributed by atoms with E-state index in [1.54, 1.807) is 12.1 Å². The van der Waals surface area contributed by atoms with Crippen LogP contribution >= 0.6 is 0 Å². The van der Waals surface area contributed by atoms with Crippen LogP contribution in [0, 0.1) is 5.92 Å². The third-order valence-electron chi connectivity index (χ3n) is 2.98. The van der Waals surface area contributed by atoms with Gasteiger partial charge in [0.05, 0.1) is 18.0 Å². The zero-order valence-corrected chi connectivity index (χ0v) is 10.7. The first-order valence-corrected chi connectivity index (χ1v) is 7.26. The average Bonchev–Trinajstić information content (AvgIpc) is 2.79. The lowest BCUT2D eigenvalue weighted by Crippen LogP contribution is -2.18. The highest BCUT2D eigenvalue weighted by Crippen LogP contribution is 2.26. The van der Waals surface area contributed by atoms with Gasteiger partial charge in [0.25, 0.3) is 0 Å². The third-order valence-corrected chi connectivity index (χ3v) is 3.95. The Hall–Kier alpha value is -1.31. The number of hydrogen-bond acceptors (Lipinski definition) is 5. The van der Waals surface area contributed by atoms with E-state index in [1.165, 1.54) is 6.07 Å². The molecular weight excluding hydrogens is 254 g/mol. The minimum absolute atomic E-state index is 0.0461. The first-order valence-electron chi connectivity index (χ1n) is 5.71. The van der Waals surface area contributed by atoms with E-state index in [2.05, 4.69) is 5.32 Å². The van der Waals surface area contributed by atoms with E-state index in [9.17, 15) is 8.42 Å². The zero-order valence-electron chi connectivity index (χ0n) is 9.93. The van der Waals surface area contributed by atoms with Crippen molar-refractivity contribution in [2.24, 2.45) is 11.1 Å². The molecule has 1 saturated heterocycles. The highest BCUT2D eigenvalue weighted by Gasteiger charge is 2.17. The van der Waals surface area contributed by atoms with E-state index in [0.717, 1.165) is 19.6 Å². The zero-order chi connectivity index (χ0) is 13.2. The van der Waals surface area contributed by atoms with Crippen LogP contribution in [-0.2, 0) is 14.8 Å². The number of nitrogens with one attached hydrogen (secondary N) is 1. The van der Waals surface area contributed by atoms with E-state index in [4.69, 9.17) is 15.6 Å². The maximum Gasteiger partial charge on any atom is 0.240 e. The number of nitrogen functional groups attached to an aromatic ring is 1. The van der Waals surface area contributed by atoms with Gasteiger partial charge in [0.2, 0.25) is 10.0 Å². The van der Waals surface area contributed by atoms with Crippen LogP contribution in [0.4, 0.5) is 11.4 Å². The molecule has 1 aliphatic heterocycles. The summed E-state index contributed by atoms with van der Waals surface area (Å²) in [6.45, 7) is 2.21. The second kappa shape index (κ2) is 5.13. The summed E-state index contributed by atoms with van der Waals surface area (Å²) in [7, 11) is -3.78. The number of nitrogens with two attached hydrogens (primary N) is 2. The molecule has 1 aromatic carbocycles. The van der Waals surface area contributed by atoms with Gasteiger partial charge in [0, 0.05) is 19.1 Å². The molecule has 0 aliphatic carbocycles. The molecule has 1 unspecified atom stereocenters. The van der Waals surface area contributed by atoms with Crippen molar-refractivity contribution < 1.29 is 13.2 Å². The second-order valence-corrected chi connectivity index (χ2v) is 5.90. The van der Waals surface area contributed by atoms with Gasteiger partial charge >= 0.3 is 0 Å². The smallest absolute Gasteiger partial charge is 0.240 e. The number of para-hydroxylation sites is 1. The van der Waals surface area contributed by atoms with Crippen LogP contribution in [0.2, 0.25) is 0 Å². The molecule has 0 radical (unpaired) electrons. The van der Waals surface area contributed by atoms with Gasteiger partial charge in [-0.05, 0) is 18.6 Å². The largest absolute Gasteiger partial charge is 0.396 e. The van der Waals surface area contributed by atoms with Gasteiger partial charge in [0.1, 0.15) is 4.90 Å². The Bertz CT molecular complexity index is 524. The van der Waals surface area contributed by atoms with E-state index >= 15 is 0 Å². The summed E-state index contributed by atoms with van der Waals surface area (Å²) < 4.78 is 27.9. The maximum absolute atomic E-state index is 11.3. The Balaban J connectivity index is 2.13. The number of benzene rings is 1. The Morgan fingerprint density at radius 1 is 1.44 bits per heavy atom. The average molecular weight is 271 g/mol. The number of rotatable bonds is 4. The first-order chi connectivity index (χ1) is 8.48. The lowest BCUT2D eigenvalue weighted by atomic mass is 10.1. The Kier molecular flexibility index (Phi) is 3.74. The predicted octanol–water partition coefficient (Wildman–Crippen LogP) is 0.365. The van der Waals surface area contributed by atoms with Crippen molar-refractivity contribution in [1.29, 1.82) is 0 Å². The molecule has 0 amide bonds. The molecule has 1 atom stereocenters. The SMILES string of the molecule is Nc1c(NCC2CCOC2)cccc1S(N)(=O)=O. The molecule has 100 valence electrons. The van der Waals surface area contributed by atoms with Gasteiger partial charge in [-0.2, -0.15) is 0 Å². The molecule has 6 nitrogen and oxygen atoms in total. The van der Waals surface area contributed by atoms with Gasteiger partial charge < -0.3 is 15.8 Å². The van der Waals surface area contributed by atoms with Crippen molar-refractivity contribution >= 4 is 21.4 Å². The van der Waals surface area contributed by atoms with Crippen molar-refractivity contribution in [3.05, 3.63) is 18.2 Å². The maximum atomic E-state index is 11.3. The lowest BCUT2D eigenvalue weighted by molar-refractivity contribution is 0.187. The minimum Gasteiger partial charge on any atom is -0.396 e. The number of sulfonamides is 1. The Labute approximate surface area is 106 Å². The molecule has 0 aromatic heterocycles. The van der Waals surface area contributed by atoms with Crippen LogP contribution in [0.15, 0.2) is 23.1 Å². The van der Waals surface area contributed by atoms with Crippen LogP contribution in [0.3, 0.4) is 0 Å². The molecular formula is C11H17N3O3S. The van der Waals surface area contributed by atoms with Crippen molar-refractivity contribution in [3.8, 4) is 0 Å². The topological polar surface area (TPSA) is 107 Å². The standard InChI is InChI=1S/C11H17N3O3S/c12-11-9(14-6-8-4-5-17-7-8)2-1-3-10(11)18(13,15)16/h1-3,8,14H,4-7,12H2,(H2,13,15,16). The van der Waals surface area contributed by atoms with Gasteiger partial charge in [0.15, 0.2) is 0 Å². The van der Waals surface area contributed by atoms with Gasteiger partial charge in [-0.15, -0.1) is 0 Å². The van der Waals surface area contributed by atoms with Crippen LogP contribution < -0.4 is 16.2 Å². The summed E-state index contributed by atoms with van der Waals surface area (Å²) in [6, 6.07) is 4.75. The summed E-state index contributed by atoms with van der Waals surface area (Å²) in [5, 5.41) is 8.23. The number of anilines is 2. The fraction of sp³-hybridized carbons (Fsp3) is 0.455. The van der Waals surface area contributed by atoms with Crippen LogP contribution in [0.5, 0.6) is 0 Å². The molecule has 2 rings (SSSR count). The number of ether oxygens (including phenoxy) is 1. The molecule has 7 heteroatoms. The van der Waals surface area contributed by atoms with Crippen LogP contribution in [-0.4, -0.2) is 28.2 Å². The molecule has 5 N–H and O–H groups in total. The summed E-state index contributed by atoms with van der Waals surface area (Å²) in [6.07, 6.45) is 1.00. The summed E-state index contributed by atoms with van der Waals surface area (Å²) in [5.74, 6) is 0.433. The number of primary sulfonamides is 1. The lowest BCUT2D eigenvalue weighted by Gasteiger charge is -2.14. The predicted molar refractivity (Wildman–Crippen MR) is 69.6 cm³/mol. The summed E-state index contributed by atoms with van der Waals surface area (Å²) >= 11 is 0. The Morgan fingerprint density at radius 2 is 2.22 bits per heavy atom. The first kappa shape index (κ1) is 13.1. The molecule has 0 bridgehead atoms. The fourth-order valence-electron chi connectivity index (χ4n) is 1.94. The molecule has 18 heavy (non-hydrogen) atoms. The van der Waals surface area contributed by atoms with Crippen molar-refractivity contribution in [2.45, 2.75) is 11.3 Å². The van der Waals surface area contributed by atoms with Crippen molar-refractivity contribution in [3.63, 3.8) is 0 Å². The van der Waals surface area contributed by atoms with E-state index in [1.807, 2.05) is 0 Å². The summed E-state index contributed by atoms with van der Waals surface area (Å²) in [5.41, 5.74) is 6.56. The fourth-order valence-corrected chi connectivity index (χ4v) is 2.63. The molecule has 1 aliphatic rings. The molecule has 1 heterocycles. The van der Waals surface area contributed by atoms with E-state index in [-0.39, 0.29) is 10.6 Å². The van der Waals surface area contributed by atoms with Crippen LogP contribution in [0.25, 0.3) is 0 Å². The number of hydrogen-bond donors (Lipinski definition) is 3. The normalized spacial score (nSPS) is 19.9. The van der Waals surface area contributed by atoms with E-state index in [0.29, 0.717) is 18.2 Å². The van der Waals surface area contributed by atoms with Crippen LogP contribution in [0.1, 0.15) is 6.42 Å². The highest BCUT2D eigenvalue weighted by molar-refractivity contribution is 7.89. The Morgan fingerprint density at radius 3 is 2.83 bits per heavy atom. The highest BCUT2D eigenvalue weighted by atomic mass is 32.2. The molecule has 0 saturated carbocycles. The monoisotopic (exact) mass is 271 g/mol. The minimum atomic E-state index is -3.78. The third kappa shape index (κ3) is 2.92. The van der Waals surface area contributed by atoms with E-state index < -0.39 is 10.0 Å². The van der Waals surface area contributed by atoms with Crippen molar-refractivity contribution in [1.82, 2.24) is 0 Å². The summed E-state index contributed by atoms with van der Waals surface area (Å²) in [4.78, 5) is -0.0461. The van der Waals surface area contributed by atoms with Gasteiger partial charge in [-0.25, -0.2) is 13.6 Å². The second-order valence-electron chi connectivity index (χ2n) is 4.37. The molecule has 0 spiro atoms. The quantitative estimate of drug-likeness (QED) is 0.685.